The monoisotopic (exact) mass is 185 g/mol. The Kier molecular flexibility index (Phi) is 2.18. The van der Waals surface area contributed by atoms with Crippen molar-refractivity contribution in [1.29, 1.82) is 0 Å². The Morgan fingerprint density at radius 1 is 1.54 bits per heavy atom. The molecule has 1 aromatic rings. The molecule has 0 bridgehead atoms. The number of hydrogen-bond donors (Lipinski definition) is 2. The van der Waals surface area contributed by atoms with Crippen molar-refractivity contribution < 1.29 is 18.8 Å². The molecule has 4 N–H and O–H groups in total. The van der Waals surface area contributed by atoms with Gasteiger partial charge in [-0.3, -0.25) is 0 Å². The predicted octanol–water partition coefficient (Wildman–Crippen LogP) is -0.199. The molecule has 7 heteroatoms. The minimum atomic E-state index is -1.22. The van der Waals surface area contributed by atoms with E-state index >= 15 is 0 Å². The second kappa shape index (κ2) is 3.13. The van der Waals surface area contributed by atoms with E-state index in [1.54, 1.807) is 0 Å². The lowest BCUT2D eigenvalue weighted by Gasteiger charge is -1.94. The third-order valence-corrected chi connectivity index (χ3v) is 1.29. The molecule has 0 saturated heterocycles. The Morgan fingerprint density at radius 3 is 2.54 bits per heavy atom. The summed E-state index contributed by atoms with van der Waals surface area (Å²) in [4.78, 5) is 21.1. The molecule has 0 aromatic carbocycles. The number of carbonyl (C=O) groups is 2. The molecule has 0 aliphatic rings. The molecule has 0 aliphatic heterocycles. The molecule has 70 valence electrons. The largest absolute Gasteiger partial charge is 0.412 e. The van der Waals surface area contributed by atoms with Crippen LogP contribution in [-0.2, 0) is 4.74 Å². The van der Waals surface area contributed by atoms with Crippen LogP contribution in [0, 0.1) is 6.92 Å². The van der Waals surface area contributed by atoms with Crippen LogP contribution in [0.4, 0.5) is 10.5 Å². The number of rotatable bonds is 1. The summed E-state index contributed by atoms with van der Waals surface area (Å²) in [5.74, 6) is -0.752. The third kappa shape index (κ3) is 1.75. The van der Waals surface area contributed by atoms with Gasteiger partial charge in [0, 0.05) is 0 Å². The van der Waals surface area contributed by atoms with Crippen LogP contribution in [0.2, 0.25) is 0 Å². The molecular weight excluding hydrogens is 178 g/mol. The summed E-state index contributed by atoms with van der Waals surface area (Å²) in [6, 6.07) is 0. The number of esters is 1. The van der Waals surface area contributed by atoms with Gasteiger partial charge in [-0.05, 0) is 6.92 Å². The summed E-state index contributed by atoms with van der Waals surface area (Å²) in [7, 11) is 0. The highest BCUT2D eigenvalue weighted by Crippen LogP contribution is 2.15. The summed E-state index contributed by atoms with van der Waals surface area (Å²) < 4.78 is 8.60. The van der Waals surface area contributed by atoms with Gasteiger partial charge in [-0.15, -0.1) is 0 Å². The van der Waals surface area contributed by atoms with E-state index < -0.39 is 12.1 Å². The summed E-state index contributed by atoms with van der Waals surface area (Å²) in [6.45, 7) is 1.52. The molecule has 0 saturated carbocycles. The zero-order chi connectivity index (χ0) is 10.0. The molecule has 0 aliphatic carbocycles. The number of aryl methyl sites for hydroxylation is 1. The van der Waals surface area contributed by atoms with Gasteiger partial charge in [0.25, 0.3) is 0 Å². The lowest BCUT2D eigenvalue weighted by Crippen LogP contribution is -2.19. The number of primary amides is 1. The first-order valence-corrected chi connectivity index (χ1v) is 3.25. The first-order chi connectivity index (χ1) is 6.02. The van der Waals surface area contributed by atoms with Gasteiger partial charge in [-0.25, -0.2) is 9.59 Å². The molecule has 0 spiro atoms. The summed E-state index contributed by atoms with van der Waals surface area (Å²) in [5.41, 5.74) is 9.76. The van der Waals surface area contributed by atoms with E-state index in [2.05, 4.69) is 20.2 Å². The number of anilines is 1. The maximum Gasteiger partial charge on any atom is 0.412 e. The number of hydrogen-bond acceptors (Lipinski definition) is 6. The van der Waals surface area contributed by atoms with Crippen LogP contribution in [0.3, 0.4) is 0 Å². The SMILES string of the molecule is Cc1onc(C(=O)OC(N)=O)c1N. The highest BCUT2D eigenvalue weighted by atomic mass is 16.6. The quantitative estimate of drug-likeness (QED) is 0.461. The first-order valence-electron chi connectivity index (χ1n) is 3.25. The molecule has 1 heterocycles. The van der Waals surface area contributed by atoms with Crippen molar-refractivity contribution in [1.82, 2.24) is 5.16 Å². The van der Waals surface area contributed by atoms with Crippen LogP contribution in [0.5, 0.6) is 0 Å². The lowest BCUT2D eigenvalue weighted by atomic mass is 10.3. The lowest BCUT2D eigenvalue weighted by molar-refractivity contribution is 0.0628. The van der Waals surface area contributed by atoms with Gasteiger partial charge in [0.2, 0.25) is 5.69 Å². The van der Waals surface area contributed by atoms with Gasteiger partial charge in [-0.2, -0.15) is 0 Å². The number of nitrogens with zero attached hydrogens (tertiary/aromatic N) is 1. The zero-order valence-corrected chi connectivity index (χ0v) is 6.73. The van der Waals surface area contributed by atoms with Crippen molar-refractivity contribution in [2.45, 2.75) is 6.92 Å². The van der Waals surface area contributed by atoms with E-state index in [0.717, 1.165) is 0 Å². The number of carbonyl (C=O) groups excluding carboxylic acids is 2. The van der Waals surface area contributed by atoms with Crippen molar-refractivity contribution >= 4 is 17.7 Å². The predicted molar refractivity (Wildman–Crippen MR) is 40.7 cm³/mol. The molecule has 1 amide bonds. The second-order valence-electron chi connectivity index (χ2n) is 2.21. The van der Waals surface area contributed by atoms with Crippen LogP contribution >= 0.6 is 0 Å². The number of nitrogen functional groups attached to an aromatic ring is 1. The molecular formula is C6H7N3O4. The van der Waals surface area contributed by atoms with E-state index in [4.69, 9.17) is 5.73 Å². The van der Waals surface area contributed by atoms with E-state index in [-0.39, 0.29) is 17.1 Å². The molecule has 1 aromatic heterocycles. The smallest absolute Gasteiger partial charge is 0.394 e. The summed E-state index contributed by atoms with van der Waals surface area (Å²) in [6.07, 6.45) is -1.22. The van der Waals surface area contributed by atoms with Gasteiger partial charge in [-0.1, -0.05) is 5.16 Å². The van der Waals surface area contributed by atoms with Crippen molar-refractivity contribution in [3.8, 4) is 0 Å². The van der Waals surface area contributed by atoms with Crippen LogP contribution in [0.15, 0.2) is 4.52 Å². The number of ether oxygens (including phenoxy) is 1. The Labute approximate surface area is 72.6 Å². The van der Waals surface area contributed by atoms with Gasteiger partial charge >= 0.3 is 12.1 Å². The van der Waals surface area contributed by atoms with Crippen LogP contribution in [0.25, 0.3) is 0 Å². The van der Waals surface area contributed by atoms with E-state index in [1.165, 1.54) is 6.92 Å². The van der Waals surface area contributed by atoms with E-state index in [1.807, 2.05) is 0 Å². The third-order valence-electron chi connectivity index (χ3n) is 1.29. The standard InChI is InChI=1S/C6H7N3O4/c1-2-3(7)4(9-13-2)5(10)12-6(8)11/h7H2,1H3,(H2,8,11). The Bertz CT molecular complexity index is 357. The van der Waals surface area contributed by atoms with E-state index in [9.17, 15) is 9.59 Å². The fraction of sp³-hybridized carbons (Fsp3) is 0.167. The Balaban J connectivity index is 2.89. The van der Waals surface area contributed by atoms with Crippen molar-refractivity contribution in [3.63, 3.8) is 0 Å². The zero-order valence-electron chi connectivity index (χ0n) is 6.73. The minimum Gasteiger partial charge on any atom is -0.394 e. The summed E-state index contributed by atoms with van der Waals surface area (Å²) in [5, 5.41) is 3.29. The molecule has 7 nitrogen and oxygen atoms in total. The van der Waals surface area contributed by atoms with E-state index in [0.29, 0.717) is 0 Å². The minimum absolute atomic E-state index is 0.0336. The fourth-order valence-electron chi connectivity index (χ4n) is 0.666. The molecule has 1 rings (SSSR count). The van der Waals surface area contributed by atoms with Crippen LogP contribution in [0.1, 0.15) is 16.2 Å². The number of nitrogens with two attached hydrogens (primary N) is 2. The Morgan fingerprint density at radius 2 is 2.15 bits per heavy atom. The maximum absolute atomic E-state index is 11.0. The first kappa shape index (κ1) is 9.04. The van der Waals surface area contributed by atoms with Crippen molar-refractivity contribution in [2.75, 3.05) is 5.73 Å². The average Bonchev–Trinajstić information content (AvgIpc) is 2.31. The average molecular weight is 185 g/mol. The van der Waals surface area contributed by atoms with Crippen LogP contribution in [-0.4, -0.2) is 17.2 Å². The van der Waals surface area contributed by atoms with Gasteiger partial charge < -0.3 is 20.7 Å². The second-order valence-corrected chi connectivity index (χ2v) is 2.21. The number of aromatic nitrogens is 1. The molecule has 0 atom stereocenters. The topological polar surface area (TPSA) is 121 Å². The molecule has 13 heavy (non-hydrogen) atoms. The van der Waals surface area contributed by atoms with Crippen molar-refractivity contribution in [3.05, 3.63) is 11.5 Å². The highest BCUT2D eigenvalue weighted by molar-refractivity contribution is 5.98. The van der Waals surface area contributed by atoms with Gasteiger partial charge in [0.1, 0.15) is 5.69 Å². The molecule has 0 fully saturated rings. The van der Waals surface area contributed by atoms with Crippen LogP contribution < -0.4 is 11.5 Å². The van der Waals surface area contributed by atoms with Gasteiger partial charge in [0.15, 0.2) is 5.76 Å². The Hall–Kier alpha value is -2.05. The summed E-state index contributed by atoms with van der Waals surface area (Å²) >= 11 is 0. The highest BCUT2D eigenvalue weighted by Gasteiger charge is 2.20. The van der Waals surface area contributed by atoms with Gasteiger partial charge in [0.05, 0.1) is 0 Å². The van der Waals surface area contributed by atoms with Crippen molar-refractivity contribution in [2.24, 2.45) is 5.73 Å². The number of amides is 1. The normalized spacial score (nSPS) is 9.62. The fourth-order valence-corrected chi connectivity index (χ4v) is 0.666. The molecule has 0 radical (unpaired) electrons. The maximum atomic E-state index is 11.0. The molecule has 0 unspecified atom stereocenters.